The van der Waals surface area contributed by atoms with Gasteiger partial charge in [-0.25, -0.2) is 4.79 Å². The van der Waals surface area contributed by atoms with Crippen LogP contribution in [0.2, 0.25) is 0 Å². The molecule has 0 spiro atoms. The molecule has 0 aromatic rings. The second-order valence-electron chi connectivity index (χ2n) is 4.82. The van der Waals surface area contributed by atoms with E-state index in [-0.39, 0.29) is 5.97 Å². The molecule has 0 heterocycles. The second kappa shape index (κ2) is 9.44. The Morgan fingerprint density at radius 1 is 1.25 bits per heavy atom. The number of esters is 1. The molecule has 0 aromatic carbocycles. The van der Waals surface area contributed by atoms with Gasteiger partial charge < -0.3 is 4.74 Å². The fraction of sp³-hybridized carbons (Fsp3) is 0.786. The fourth-order valence-electron chi connectivity index (χ4n) is 1.58. The van der Waals surface area contributed by atoms with Gasteiger partial charge in [0.05, 0.1) is 6.61 Å². The lowest BCUT2D eigenvalue weighted by Crippen LogP contribution is -2.00. The van der Waals surface area contributed by atoms with E-state index in [4.69, 9.17) is 4.74 Å². The molecule has 0 bridgehead atoms. The van der Waals surface area contributed by atoms with Gasteiger partial charge in [0.15, 0.2) is 0 Å². The normalized spacial score (nSPS) is 13.3. The number of allylic oxidation sites excluding steroid dienone is 1. The molecule has 0 aliphatic carbocycles. The lowest BCUT2D eigenvalue weighted by atomic mass is 9.97. The van der Waals surface area contributed by atoms with E-state index < -0.39 is 0 Å². The Hall–Kier alpha value is -0.790. The Kier molecular flexibility index (Phi) is 8.97. The third kappa shape index (κ3) is 9.75. The fourth-order valence-corrected chi connectivity index (χ4v) is 1.58. The van der Waals surface area contributed by atoms with Gasteiger partial charge >= 0.3 is 5.97 Å². The van der Waals surface area contributed by atoms with E-state index in [2.05, 4.69) is 20.8 Å². The van der Waals surface area contributed by atoms with Crippen molar-refractivity contribution in [3.05, 3.63) is 12.2 Å². The summed E-state index contributed by atoms with van der Waals surface area (Å²) in [7, 11) is 0. The minimum atomic E-state index is -0.225. The van der Waals surface area contributed by atoms with Crippen molar-refractivity contribution in [1.29, 1.82) is 0 Å². The lowest BCUT2D eigenvalue weighted by molar-refractivity contribution is -0.137. The van der Waals surface area contributed by atoms with E-state index in [9.17, 15) is 4.79 Å². The quantitative estimate of drug-likeness (QED) is 0.462. The molecule has 0 aliphatic heterocycles. The molecule has 0 saturated heterocycles. The van der Waals surface area contributed by atoms with Gasteiger partial charge in [-0.2, -0.15) is 0 Å². The first-order valence-corrected chi connectivity index (χ1v) is 6.39. The van der Waals surface area contributed by atoms with Crippen molar-refractivity contribution in [3.63, 3.8) is 0 Å². The molecule has 0 fully saturated rings. The average Bonchev–Trinajstić information content (AvgIpc) is 2.17. The third-order valence-electron chi connectivity index (χ3n) is 2.56. The van der Waals surface area contributed by atoms with Crippen molar-refractivity contribution in [1.82, 2.24) is 0 Å². The Labute approximate surface area is 100 Å². The van der Waals surface area contributed by atoms with Crippen molar-refractivity contribution in [2.45, 2.75) is 53.4 Å². The Balaban J connectivity index is 3.56. The number of carbonyl (C=O) groups is 1. The van der Waals surface area contributed by atoms with Gasteiger partial charge in [-0.3, -0.25) is 0 Å². The SMILES string of the molecule is CCOC(=O)C=CCC(C)CCCC(C)C. The zero-order valence-electron chi connectivity index (χ0n) is 11.2. The monoisotopic (exact) mass is 226 g/mol. The molecule has 1 atom stereocenters. The number of hydrogen-bond acceptors (Lipinski definition) is 2. The topological polar surface area (TPSA) is 26.3 Å². The molecular formula is C14H26O2. The van der Waals surface area contributed by atoms with Crippen LogP contribution in [0.4, 0.5) is 0 Å². The van der Waals surface area contributed by atoms with Gasteiger partial charge in [-0.05, 0) is 25.2 Å². The average molecular weight is 226 g/mol. The van der Waals surface area contributed by atoms with Crippen molar-refractivity contribution in [3.8, 4) is 0 Å². The zero-order chi connectivity index (χ0) is 12.4. The van der Waals surface area contributed by atoms with E-state index in [1.54, 1.807) is 6.08 Å². The van der Waals surface area contributed by atoms with E-state index >= 15 is 0 Å². The maximum absolute atomic E-state index is 11.0. The van der Waals surface area contributed by atoms with Crippen LogP contribution < -0.4 is 0 Å². The number of rotatable bonds is 8. The Bertz CT molecular complexity index is 207. The first-order chi connectivity index (χ1) is 7.56. The van der Waals surface area contributed by atoms with E-state index in [1.165, 1.54) is 19.3 Å². The maximum atomic E-state index is 11.0. The van der Waals surface area contributed by atoms with Gasteiger partial charge in [0.25, 0.3) is 0 Å². The summed E-state index contributed by atoms with van der Waals surface area (Å²) in [5.74, 6) is 1.23. The summed E-state index contributed by atoms with van der Waals surface area (Å²) >= 11 is 0. The Morgan fingerprint density at radius 2 is 1.94 bits per heavy atom. The summed E-state index contributed by atoms with van der Waals surface area (Å²) in [4.78, 5) is 11.0. The first-order valence-electron chi connectivity index (χ1n) is 6.39. The minimum absolute atomic E-state index is 0.225. The molecule has 1 unspecified atom stereocenters. The molecule has 0 aromatic heterocycles. The van der Waals surface area contributed by atoms with Crippen LogP contribution in [0.5, 0.6) is 0 Å². The molecule has 0 aliphatic rings. The summed E-state index contributed by atoms with van der Waals surface area (Å²) in [5, 5.41) is 0. The van der Waals surface area contributed by atoms with Gasteiger partial charge in [-0.15, -0.1) is 0 Å². The number of ether oxygens (including phenoxy) is 1. The van der Waals surface area contributed by atoms with Crippen molar-refractivity contribution in [2.24, 2.45) is 11.8 Å². The van der Waals surface area contributed by atoms with E-state index in [0.29, 0.717) is 12.5 Å². The highest BCUT2D eigenvalue weighted by atomic mass is 16.5. The molecule has 0 saturated carbocycles. The molecule has 0 amide bonds. The molecule has 2 heteroatoms. The molecule has 16 heavy (non-hydrogen) atoms. The van der Waals surface area contributed by atoms with Crippen LogP contribution in [0.1, 0.15) is 53.4 Å². The van der Waals surface area contributed by atoms with E-state index in [0.717, 1.165) is 12.3 Å². The van der Waals surface area contributed by atoms with Crippen LogP contribution in [-0.4, -0.2) is 12.6 Å². The summed E-state index contributed by atoms with van der Waals surface area (Å²) < 4.78 is 4.81. The van der Waals surface area contributed by atoms with Crippen LogP contribution in [0.15, 0.2) is 12.2 Å². The molecule has 0 rings (SSSR count). The first kappa shape index (κ1) is 15.2. The van der Waals surface area contributed by atoms with Gasteiger partial charge in [0.1, 0.15) is 0 Å². The lowest BCUT2D eigenvalue weighted by Gasteiger charge is -2.09. The molecule has 0 radical (unpaired) electrons. The molecule has 94 valence electrons. The summed E-state index contributed by atoms with van der Waals surface area (Å²) in [6.45, 7) is 9.01. The van der Waals surface area contributed by atoms with Gasteiger partial charge in [0.2, 0.25) is 0 Å². The largest absolute Gasteiger partial charge is 0.463 e. The van der Waals surface area contributed by atoms with Crippen LogP contribution >= 0.6 is 0 Å². The second-order valence-corrected chi connectivity index (χ2v) is 4.82. The summed E-state index contributed by atoms with van der Waals surface area (Å²) in [6.07, 6.45) is 8.26. The van der Waals surface area contributed by atoms with Crippen LogP contribution in [-0.2, 0) is 9.53 Å². The van der Waals surface area contributed by atoms with Crippen molar-refractivity contribution >= 4 is 5.97 Å². The standard InChI is InChI=1S/C14H26O2/c1-5-16-14(15)11-7-10-13(4)9-6-8-12(2)3/h7,11-13H,5-6,8-10H2,1-4H3. The number of hydrogen-bond donors (Lipinski definition) is 0. The predicted molar refractivity (Wildman–Crippen MR) is 68.2 cm³/mol. The maximum Gasteiger partial charge on any atom is 0.330 e. The van der Waals surface area contributed by atoms with Gasteiger partial charge in [0, 0.05) is 6.08 Å². The highest BCUT2D eigenvalue weighted by Gasteiger charge is 2.01. The highest BCUT2D eigenvalue weighted by Crippen LogP contribution is 2.15. The minimum Gasteiger partial charge on any atom is -0.463 e. The molecule has 2 nitrogen and oxygen atoms in total. The molecular weight excluding hydrogens is 200 g/mol. The van der Waals surface area contributed by atoms with Crippen LogP contribution in [0.3, 0.4) is 0 Å². The van der Waals surface area contributed by atoms with E-state index in [1.807, 2.05) is 13.0 Å². The predicted octanol–water partition coefficient (Wildman–Crippen LogP) is 3.96. The van der Waals surface area contributed by atoms with Crippen LogP contribution in [0, 0.1) is 11.8 Å². The van der Waals surface area contributed by atoms with Crippen molar-refractivity contribution < 1.29 is 9.53 Å². The highest BCUT2D eigenvalue weighted by molar-refractivity contribution is 5.81. The smallest absolute Gasteiger partial charge is 0.330 e. The zero-order valence-corrected chi connectivity index (χ0v) is 11.2. The third-order valence-corrected chi connectivity index (χ3v) is 2.56. The Morgan fingerprint density at radius 3 is 2.50 bits per heavy atom. The number of carbonyl (C=O) groups excluding carboxylic acids is 1. The van der Waals surface area contributed by atoms with Crippen molar-refractivity contribution in [2.75, 3.05) is 6.61 Å². The summed E-state index contributed by atoms with van der Waals surface area (Å²) in [6, 6.07) is 0. The van der Waals surface area contributed by atoms with Gasteiger partial charge in [-0.1, -0.05) is 46.1 Å². The summed E-state index contributed by atoms with van der Waals surface area (Å²) in [5.41, 5.74) is 0. The molecule has 0 N–H and O–H groups in total. The van der Waals surface area contributed by atoms with Crippen LogP contribution in [0.25, 0.3) is 0 Å².